The predicted molar refractivity (Wildman–Crippen MR) is 55.5 cm³/mol. The van der Waals surface area contributed by atoms with Gasteiger partial charge in [0.1, 0.15) is 0 Å². The average Bonchev–Trinajstić information content (AvgIpc) is 2.63. The summed E-state index contributed by atoms with van der Waals surface area (Å²) in [6.45, 7) is 0.671. The molecule has 1 heterocycles. The van der Waals surface area contributed by atoms with E-state index in [1.54, 1.807) is 0 Å². The molecule has 5 heteroatoms. The van der Waals surface area contributed by atoms with Crippen molar-refractivity contribution in [2.75, 3.05) is 5.32 Å². The number of anilines is 1. The highest BCUT2D eigenvalue weighted by molar-refractivity contribution is 7.71. The minimum atomic E-state index is 0.278. The highest BCUT2D eigenvalue weighted by Gasteiger charge is 1.97. The van der Waals surface area contributed by atoms with Crippen molar-refractivity contribution in [1.82, 2.24) is 10.2 Å². The van der Waals surface area contributed by atoms with Crippen LogP contribution >= 0.6 is 12.2 Å². The molecule has 0 amide bonds. The van der Waals surface area contributed by atoms with Crippen LogP contribution in [0.1, 0.15) is 5.56 Å². The van der Waals surface area contributed by atoms with Crippen LogP contribution in [0.4, 0.5) is 6.01 Å². The molecule has 0 atom stereocenters. The molecule has 0 fully saturated rings. The number of nitrogens with zero attached hydrogens (tertiary/aromatic N) is 1. The molecular formula is C9H9N3OS. The number of aromatic nitrogens is 2. The number of rotatable bonds is 3. The number of benzene rings is 1. The molecule has 2 rings (SSSR count). The number of aromatic amines is 1. The zero-order valence-electron chi connectivity index (χ0n) is 7.36. The van der Waals surface area contributed by atoms with Crippen molar-refractivity contribution in [2.45, 2.75) is 6.54 Å². The smallest absolute Gasteiger partial charge is 0.314 e. The van der Waals surface area contributed by atoms with Gasteiger partial charge in [-0.15, -0.1) is 5.10 Å². The van der Waals surface area contributed by atoms with Crippen LogP contribution in [0.15, 0.2) is 34.7 Å². The van der Waals surface area contributed by atoms with Crippen LogP contribution in [0, 0.1) is 4.84 Å². The zero-order valence-corrected chi connectivity index (χ0v) is 8.17. The largest absolute Gasteiger partial charge is 0.396 e. The summed E-state index contributed by atoms with van der Waals surface area (Å²) in [5.41, 5.74) is 1.16. The molecule has 2 N–H and O–H groups in total. The topological polar surface area (TPSA) is 53.9 Å². The highest BCUT2D eigenvalue weighted by atomic mass is 32.1. The predicted octanol–water partition coefficient (Wildman–Crippen LogP) is 2.34. The van der Waals surface area contributed by atoms with Gasteiger partial charge in [0, 0.05) is 6.54 Å². The molecule has 0 saturated carbocycles. The lowest BCUT2D eigenvalue weighted by Gasteiger charge is -1.99. The first-order valence-electron chi connectivity index (χ1n) is 4.18. The first kappa shape index (κ1) is 8.96. The van der Waals surface area contributed by atoms with Crippen LogP contribution in [-0.4, -0.2) is 10.2 Å². The fraction of sp³-hybridized carbons (Fsp3) is 0.111. The van der Waals surface area contributed by atoms with Crippen molar-refractivity contribution in [3.05, 3.63) is 40.7 Å². The average molecular weight is 207 g/mol. The Hall–Kier alpha value is -1.62. The lowest BCUT2D eigenvalue weighted by atomic mass is 10.2. The monoisotopic (exact) mass is 207 g/mol. The third-order valence-corrected chi connectivity index (χ3v) is 1.90. The van der Waals surface area contributed by atoms with Crippen LogP contribution in [0.5, 0.6) is 0 Å². The number of nitrogens with one attached hydrogen (secondary N) is 2. The van der Waals surface area contributed by atoms with E-state index < -0.39 is 0 Å². The van der Waals surface area contributed by atoms with Crippen LogP contribution in [0.3, 0.4) is 0 Å². The first-order chi connectivity index (χ1) is 6.84. The second kappa shape index (κ2) is 4.06. The van der Waals surface area contributed by atoms with E-state index in [4.69, 9.17) is 16.6 Å². The van der Waals surface area contributed by atoms with Gasteiger partial charge in [-0.25, -0.2) is 5.10 Å². The molecule has 14 heavy (non-hydrogen) atoms. The van der Waals surface area contributed by atoms with E-state index in [2.05, 4.69) is 15.5 Å². The van der Waals surface area contributed by atoms with Crippen molar-refractivity contribution < 1.29 is 4.42 Å². The molecule has 0 aliphatic heterocycles. The molecule has 72 valence electrons. The van der Waals surface area contributed by atoms with Gasteiger partial charge in [0.2, 0.25) is 0 Å². The molecule has 0 unspecified atom stereocenters. The minimum Gasteiger partial charge on any atom is -0.396 e. The van der Waals surface area contributed by atoms with Crippen molar-refractivity contribution in [2.24, 2.45) is 0 Å². The zero-order chi connectivity index (χ0) is 9.80. The van der Waals surface area contributed by atoms with Gasteiger partial charge >= 0.3 is 6.01 Å². The summed E-state index contributed by atoms with van der Waals surface area (Å²) in [5.74, 6) is 0. The van der Waals surface area contributed by atoms with Crippen LogP contribution in [0.2, 0.25) is 0 Å². The maximum absolute atomic E-state index is 5.04. The van der Waals surface area contributed by atoms with E-state index in [-0.39, 0.29) is 4.84 Å². The van der Waals surface area contributed by atoms with Crippen molar-refractivity contribution in [3.63, 3.8) is 0 Å². The Morgan fingerprint density at radius 2 is 2.14 bits per heavy atom. The molecular weight excluding hydrogens is 198 g/mol. The third kappa shape index (κ3) is 2.20. The molecule has 1 aromatic carbocycles. The Kier molecular flexibility index (Phi) is 2.60. The van der Waals surface area contributed by atoms with Gasteiger partial charge in [0.05, 0.1) is 0 Å². The second-order valence-electron chi connectivity index (χ2n) is 2.76. The van der Waals surface area contributed by atoms with Gasteiger partial charge in [-0.3, -0.25) is 0 Å². The quantitative estimate of drug-likeness (QED) is 0.758. The second-order valence-corrected chi connectivity index (χ2v) is 3.13. The molecule has 1 aromatic heterocycles. The number of H-pyrrole nitrogens is 1. The van der Waals surface area contributed by atoms with E-state index in [0.717, 1.165) is 5.56 Å². The highest BCUT2D eigenvalue weighted by Crippen LogP contribution is 2.05. The van der Waals surface area contributed by atoms with E-state index in [1.807, 2.05) is 30.3 Å². The van der Waals surface area contributed by atoms with Crippen molar-refractivity contribution in [3.8, 4) is 0 Å². The number of hydrogen-bond donors (Lipinski definition) is 2. The van der Waals surface area contributed by atoms with Crippen molar-refractivity contribution >= 4 is 18.2 Å². The summed E-state index contributed by atoms with van der Waals surface area (Å²) in [5, 5.41) is 9.37. The van der Waals surface area contributed by atoms with E-state index in [0.29, 0.717) is 12.6 Å². The van der Waals surface area contributed by atoms with Gasteiger partial charge in [-0.05, 0) is 17.8 Å². The molecule has 0 saturated heterocycles. The summed E-state index contributed by atoms with van der Waals surface area (Å²) in [7, 11) is 0. The maximum atomic E-state index is 5.04. The Morgan fingerprint density at radius 1 is 1.36 bits per heavy atom. The van der Waals surface area contributed by atoms with Crippen LogP contribution in [0.25, 0.3) is 0 Å². The Balaban J connectivity index is 1.98. The molecule has 0 aliphatic rings. The van der Waals surface area contributed by atoms with E-state index in [9.17, 15) is 0 Å². The molecule has 4 nitrogen and oxygen atoms in total. The molecule has 2 aromatic rings. The SMILES string of the molecule is S=c1[nH]nc(NCc2ccccc2)o1. The Morgan fingerprint density at radius 3 is 2.79 bits per heavy atom. The molecule has 0 aliphatic carbocycles. The summed E-state index contributed by atoms with van der Waals surface area (Å²) >= 11 is 4.74. The summed E-state index contributed by atoms with van der Waals surface area (Å²) < 4.78 is 5.04. The molecule has 0 bridgehead atoms. The van der Waals surface area contributed by atoms with Gasteiger partial charge < -0.3 is 9.73 Å². The summed E-state index contributed by atoms with van der Waals surface area (Å²) in [4.78, 5) is 0.278. The Labute approximate surface area is 86.0 Å². The molecule has 0 radical (unpaired) electrons. The van der Waals surface area contributed by atoms with Gasteiger partial charge in [-0.2, -0.15) is 0 Å². The lowest BCUT2D eigenvalue weighted by Crippen LogP contribution is -1.98. The maximum Gasteiger partial charge on any atom is 0.314 e. The Bertz CT molecular complexity index is 448. The normalized spacial score (nSPS) is 10.0. The third-order valence-electron chi connectivity index (χ3n) is 1.72. The molecule has 0 spiro atoms. The fourth-order valence-electron chi connectivity index (χ4n) is 1.08. The minimum absolute atomic E-state index is 0.278. The van der Waals surface area contributed by atoms with Crippen LogP contribution in [-0.2, 0) is 6.54 Å². The fourth-order valence-corrected chi connectivity index (χ4v) is 1.20. The van der Waals surface area contributed by atoms with Gasteiger partial charge in [0.15, 0.2) is 0 Å². The number of hydrogen-bond acceptors (Lipinski definition) is 4. The first-order valence-corrected chi connectivity index (χ1v) is 4.59. The van der Waals surface area contributed by atoms with Gasteiger partial charge in [0.25, 0.3) is 4.84 Å². The van der Waals surface area contributed by atoms with E-state index in [1.165, 1.54) is 0 Å². The summed E-state index contributed by atoms with van der Waals surface area (Å²) in [6, 6.07) is 10.4. The lowest BCUT2D eigenvalue weighted by molar-refractivity contribution is 0.549. The van der Waals surface area contributed by atoms with Gasteiger partial charge in [-0.1, -0.05) is 30.3 Å². The van der Waals surface area contributed by atoms with Crippen molar-refractivity contribution in [1.29, 1.82) is 0 Å². The summed E-state index contributed by atoms with van der Waals surface area (Å²) in [6.07, 6.45) is 0. The van der Waals surface area contributed by atoms with Crippen LogP contribution < -0.4 is 5.32 Å². The van der Waals surface area contributed by atoms with E-state index >= 15 is 0 Å². The standard InChI is InChI=1S/C9H9N3OS/c14-9-12-11-8(13-9)10-6-7-4-2-1-3-5-7/h1-5H,6H2,(H,10,11)(H,12,14).